The predicted molar refractivity (Wildman–Crippen MR) is 95.2 cm³/mol. The molecule has 120 valence electrons. The van der Waals surface area contributed by atoms with Gasteiger partial charge in [0.05, 0.1) is 19.1 Å². The Morgan fingerprint density at radius 1 is 1.13 bits per heavy atom. The molecule has 1 atom stereocenters. The van der Waals surface area contributed by atoms with E-state index in [-0.39, 0.29) is 5.92 Å². The summed E-state index contributed by atoms with van der Waals surface area (Å²) in [7, 11) is 5.73. The summed E-state index contributed by atoms with van der Waals surface area (Å²) in [6.45, 7) is 2.10. The SMILES string of the molecule is CCc1cc(C(C#N)Cc2ccc(N(C)C)cc2)ccc1OC. The van der Waals surface area contributed by atoms with E-state index < -0.39 is 0 Å². The molecule has 0 spiro atoms. The lowest BCUT2D eigenvalue weighted by molar-refractivity contribution is 0.410. The second-order valence-corrected chi connectivity index (χ2v) is 5.87. The number of ether oxygens (including phenoxy) is 1. The first-order valence-electron chi connectivity index (χ1n) is 7.91. The Morgan fingerprint density at radius 3 is 2.35 bits per heavy atom. The van der Waals surface area contributed by atoms with Crippen molar-refractivity contribution in [2.75, 3.05) is 26.1 Å². The Bertz CT molecular complexity index is 684. The number of benzene rings is 2. The molecule has 0 radical (unpaired) electrons. The van der Waals surface area contributed by atoms with Gasteiger partial charge in [0, 0.05) is 19.8 Å². The van der Waals surface area contributed by atoms with Gasteiger partial charge in [-0.2, -0.15) is 5.26 Å². The standard InChI is InChI=1S/C20H24N2O/c1-5-16-13-17(8-11-20(16)23-4)18(14-21)12-15-6-9-19(10-7-15)22(2)3/h6-11,13,18H,5,12H2,1-4H3. The highest BCUT2D eigenvalue weighted by molar-refractivity contribution is 5.47. The maximum atomic E-state index is 9.58. The highest BCUT2D eigenvalue weighted by Gasteiger charge is 2.14. The van der Waals surface area contributed by atoms with Crippen molar-refractivity contribution < 1.29 is 4.74 Å². The van der Waals surface area contributed by atoms with Gasteiger partial charge in [-0.05, 0) is 47.7 Å². The molecule has 0 aliphatic carbocycles. The average Bonchev–Trinajstić information content (AvgIpc) is 2.59. The summed E-state index contributed by atoms with van der Waals surface area (Å²) in [5.74, 6) is 0.750. The van der Waals surface area contributed by atoms with Crippen molar-refractivity contribution in [3.63, 3.8) is 0 Å². The van der Waals surface area contributed by atoms with Gasteiger partial charge in [-0.15, -0.1) is 0 Å². The molecule has 0 saturated heterocycles. The zero-order chi connectivity index (χ0) is 16.8. The van der Waals surface area contributed by atoms with Gasteiger partial charge < -0.3 is 9.64 Å². The lowest BCUT2D eigenvalue weighted by Crippen LogP contribution is -2.08. The fourth-order valence-corrected chi connectivity index (χ4v) is 2.70. The smallest absolute Gasteiger partial charge is 0.122 e. The number of aryl methyl sites for hydroxylation is 1. The van der Waals surface area contributed by atoms with E-state index in [1.54, 1.807) is 7.11 Å². The zero-order valence-electron chi connectivity index (χ0n) is 14.3. The van der Waals surface area contributed by atoms with E-state index in [1.165, 1.54) is 11.3 Å². The molecule has 23 heavy (non-hydrogen) atoms. The molecule has 0 aromatic heterocycles. The molecule has 3 heteroatoms. The first-order chi connectivity index (χ1) is 11.1. The molecule has 0 bridgehead atoms. The average molecular weight is 308 g/mol. The number of anilines is 1. The van der Waals surface area contributed by atoms with Crippen LogP contribution in [-0.2, 0) is 12.8 Å². The van der Waals surface area contributed by atoms with Crippen molar-refractivity contribution in [3.05, 3.63) is 59.2 Å². The van der Waals surface area contributed by atoms with Gasteiger partial charge in [0.25, 0.3) is 0 Å². The van der Waals surface area contributed by atoms with Gasteiger partial charge in [-0.25, -0.2) is 0 Å². The van der Waals surface area contributed by atoms with Crippen LogP contribution in [-0.4, -0.2) is 21.2 Å². The highest BCUT2D eigenvalue weighted by Crippen LogP contribution is 2.27. The molecular weight excluding hydrogens is 284 g/mol. The summed E-state index contributed by atoms with van der Waals surface area (Å²) in [6.07, 6.45) is 1.62. The van der Waals surface area contributed by atoms with Crippen LogP contribution >= 0.6 is 0 Å². The van der Waals surface area contributed by atoms with Crippen LogP contribution in [0.25, 0.3) is 0 Å². The molecule has 1 unspecified atom stereocenters. The zero-order valence-corrected chi connectivity index (χ0v) is 14.3. The molecule has 0 aliphatic heterocycles. The third-order valence-electron chi connectivity index (χ3n) is 4.14. The number of hydrogen-bond donors (Lipinski definition) is 0. The highest BCUT2D eigenvalue weighted by atomic mass is 16.5. The van der Waals surface area contributed by atoms with Crippen LogP contribution in [0.4, 0.5) is 5.69 Å². The van der Waals surface area contributed by atoms with Gasteiger partial charge in [-0.3, -0.25) is 0 Å². The second-order valence-electron chi connectivity index (χ2n) is 5.87. The summed E-state index contributed by atoms with van der Waals surface area (Å²) in [6, 6.07) is 16.9. The van der Waals surface area contributed by atoms with Gasteiger partial charge in [0.15, 0.2) is 0 Å². The predicted octanol–water partition coefficient (Wildman–Crippen LogP) is 4.17. The van der Waals surface area contributed by atoms with Gasteiger partial charge in [-0.1, -0.05) is 31.2 Å². The van der Waals surface area contributed by atoms with Crippen LogP contribution in [0.1, 0.15) is 29.5 Å². The third kappa shape index (κ3) is 4.04. The van der Waals surface area contributed by atoms with Crippen molar-refractivity contribution in [1.29, 1.82) is 5.26 Å². The fraction of sp³-hybridized carbons (Fsp3) is 0.350. The Labute approximate surface area is 139 Å². The molecule has 0 saturated carbocycles. The molecule has 0 heterocycles. The van der Waals surface area contributed by atoms with Crippen molar-refractivity contribution in [1.82, 2.24) is 0 Å². The van der Waals surface area contributed by atoms with Crippen LogP contribution in [0.2, 0.25) is 0 Å². The van der Waals surface area contributed by atoms with E-state index in [9.17, 15) is 5.26 Å². The number of rotatable bonds is 6. The normalized spacial score (nSPS) is 11.6. The van der Waals surface area contributed by atoms with Crippen LogP contribution in [0.3, 0.4) is 0 Å². The minimum atomic E-state index is -0.142. The number of nitrogens with zero attached hydrogens (tertiary/aromatic N) is 2. The van der Waals surface area contributed by atoms with Crippen molar-refractivity contribution >= 4 is 5.69 Å². The molecule has 0 aliphatic rings. The molecular formula is C20H24N2O. The first-order valence-corrected chi connectivity index (χ1v) is 7.91. The second kappa shape index (κ2) is 7.69. The Morgan fingerprint density at radius 2 is 1.83 bits per heavy atom. The van der Waals surface area contributed by atoms with E-state index in [4.69, 9.17) is 4.74 Å². The third-order valence-corrected chi connectivity index (χ3v) is 4.14. The van der Waals surface area contributed by atoms with Crippen LogP contribution in [0.15, 0.2) is 42.5 Å². The van der Waals surface area contributed by atoms with E-state index in [0.717, 1.165) is 29.7 Å². The number of nitriles is 1. The minimum absolute atomic E-state index is 0.142. The maximum Gasteiger partial charge on any atom is 0.122 e. The molecule has 0 fully saturated rings. The molecule has 2 rings (SSSR count). The minimum Gasteiger partial charge on any atom is -0.496 e. The van der Waals surface area contributed by atoms with Crippen molar-refractivity contribution in [2.24, 2.45) is 0 Å². The van der Waals surface area contributed by atoms with Crippen molar-refractivity contribution in [2.45, 2.75) is 25.7 Å². The summed E-state index contributed by atoms with van der Waals surface area (Å²) in [5, 5.41) is 9.58. The monoisotopic (exact) mass is 308 g/mol. The van der Waals surface area contributed by atoms with Crippen LogP contribution < -0.4 is 9.64 Å². The quantitative estimate of drug-likeness (QED) is 0.803. The Kier molecular flexibility index (Phi) is 5.65. The number of methoxy groups -OCH3 is 1. The summed E-state index contributed by atoms with van der Waals surface area (Å²) < 4.78 is 5.37. The van der Waals surface area contributed by atoms with Gasteiger partial charge >= 0.3 is 0 Å². The topological polar surface area (TPSA) is 36.3 Å². The lowest BCUT2D eigenvalue weighted by atomic mass is 9.91. The fourth-order valence-electron chi connectivity index (χ4n) is 2.70. The van der Waals surface area contributed by atoms with Crippen LogP contribution in [0, 0.1) is 11.3 Å². The molecule has 2 aromatic carbocycles. The Hall–Kier alpha value is -2.47. The molecule has 0 amide bonds. The van der Waals surface area contributed by atoms with E-state index >= 15 is 0 Å². The first kappa shape index (κ1) is 16.9. The number of hydrogen-bond acceptors (Lipinski definition) is 3. The lowest BCUT2D eigenvalue weighted by Gasteiger charge is -2.15. The van der Waals surface area contributed by atoms with E-state index in [0.29, 0.717) is 0 Å². The summed E-state index contributed by atoms with van der Waals surface area (Å²) in [4.78, 5) is 2.07. The van der Waals surface area contributed by atoms with Crippen molar-refractivity contribution in [3.8, 4) is 11.8 Å². The van der Waals surface area contributed by atoms with Gasteiger partial charge in [0.2, 0.25) is 0 Å². The molecule has 2 aromatic rings. The Balaban J connectivity index is 2.21. The van der Waals surface area contributed by atoms with E-state index in [1.807, 2.05) is 26.2 Å². The molecule has 3 nitrogen and oxygen atoms in total. The molecule has 0 N–H and O–H groups in total. The maximum absolute atomic E-state index is 9.58. The van der Waals surface area contributed by atoms with Crippen LogP contribution in [0.5, 0.6) is 5.75 Å². The summed E-state index contributed by atoms with van der Waals surface area (Å²) >= 11 is 0. The van der Waals surface area contributed by atoms with Gasteiger partial charge in [0.1, 0.15) is 5.75 Å². The summed E-state index contributed by atoms with van der Waals surface area (Å²) in [5.41, 5.74) is 4.55. The largest absolute Gasteiger partial charge is 0.496 e. The van der Waals surface area contributed by atoms with E-state index in [2.05, 4.69) is 48.2 Å².